The molecular formula is C23H25ClN4O5S. The maximum absolute atomic E-state index is 13.1. The molecule has 0 aliphatic heterocycles. The van der Waals surface area contributed by atoms with Gasteiger partial charge in [-0.3, -0.25) is 10.1 Å². The number of aromatic amines is 1. The van der Waals surface area contributed by atoms with Crippen molar-refractivity contribution in [1.82, 2.24) is 14.7 Å². The Morgan fingerprint density at radius 2 is 1.94 bits per heavy atom. The quantitative estimate of drug-likeness (QED) is 0.198. The monoisotopic (exact) mass is 504 g/mol. The molecule has 3 aromatic rings. The SMILES string of the molecule is CC(=O)CCCCC[C@H](NS(=O)(=O)c1cccc([N+](=O)[O-])c1)c1ncc(-c2cccc(Cl)c2)[nH]1. The minimum Gasteiger partial charge on any atom is -0.341 e. The molecule has 0 spiro atoms. The van der Waals surface area contributed by atoms with Gasteiger partial charge in [-0.1, -0.05) is 42.6 Å². The third-order valence-corrected chi connectivity index (χ3v) is 6.92. The van der Waals surface area contributed by atoms with E-state index < -0.39 is 21.0 Å². The maximum atomic E-state index is 13.1. The molecule has 9 nitrogen and oxygen atoms in total. The largest absolute Gasteiger partial charge is 0.341 e. The van der Waals surface area contributed by atoms with Gasteiger partial charge in [0.25, 0.3) is 5.69 Å². The van der Waals surface area contributed by atoms with E-state index in [1.54, 1.807) is 24.4 Å². The van der Waals surface area contributed by atoms with E-state index in [1.807, 2.05) is 6.07 Å². The number of nitro groups is 1. The summed E-state index contributed by atoms with van der Waals surface area (Å²) in [6, 6.07) is 11.4. The van der Waals surface area contributed by atoms with E-state index in [2.05, 4.69) is 14.7 Å². The van der Waals surface area contributed by atoms with Gasteiger partial charge in [0.1, 0.15) is 11.6 Å². The number of nitrogens with one attached hydrogen (secondary N) is 2. The third-order valence-electron chi connectivity index (χ3n) is 5.22. The van der Waals surface area contributed by atoms with Gasteiger partial charge in [0.2, 0.25) is 10.0 Å². The van der Waals surface area contributed by atoms with Crippen LogP contribution in [0.25, 0.3) is 11.3 Å². The van der Waals surface area contributed by atoms with Gasteiger partial charge in [-0.25, -0.2) is 18.1 Å². The van der Waals surface area contributed by atoms with Crippen LogP contribution < -0.4 is 4.72 Å². The van der Waals surface area contributed by atoms with Crippen molar-refractivity contribution in [3.05, 3.63) is 75.7 Å². The summed E-state index contributed by atoms with van der Waals surface area (Å²) >= 11 is 6.08. The molecule has 34 heavy (non-hydrogen) atoms. The molecule has 0 fully saturated rings. The minimum absolute atomic E-state index is 0.111. The number of benzene rings is 2. The molecule has 0 bridgehead atoms. The van der Waals surface area contributed by atoms with Gasteiger partial charge in [-0.15, -0.1) is 0 Å². The highest BCUT2D eigenvalue weighted by atomic mass is 35.5. The lowest BCUT2D eigenvalue weighted by Crippen LogP contribution is -2.29. The molecule has 2 N–H and O–H groups in total. The highest BCUT2D eigenvalue weighted by molar-refractivity contribution is 7.89. The van der Waals surface area contributed by atoms with E-state index in [0.717, 1.165) is 18.1 Å². The molecule has 1 heterocycles. The van der Waals surface area contributed by atoms with Gasteiger partial charge in [0.05, 0.1) is 27.8 Å². The van der Waals surface area contributed by atoms with Crippen molar-refractivity contribution < 1.29 is 18.1 Å². The molecule has 2 aromatic carbocycles. The molecule has 0 unspecified atom stereocenters. The standard InChI is InChI=1S/C23H25ClN4O5S/c1-16(29)7-3-2-4-12-21(23-25-15-22(26-23)17-8-5-9-18(24)13-17)27-34(32,33)20-11-6-10-19(14-20)28(30)31/h5-6,8-11,13-15,21,27H,2-4,7,12H2,1H3,(H,25,26)/t21-/m0/s1. The summed E-state index contributed by atoms with van der Waals surface area (Å²) < 4.78 is 28.7. The summed E-state index contributed by atoms with van der Waals surface area (Å²) in [5.41, 5.74) is 1.16. The Bertz CT molecular complexity index is 1280. The molecular weight excluding hydrogens is 480 g/mol. The van der Waals surface area contributed by atoms with Crippen LogP contribution in [0.2, 0.25) is 5.02 Å². The lowest BCUT2D eigenvalue weighted by Gasteiger charge is -2.17. The molecule has 0 saturated heterocycles. The average Bonchev–Trinajstić information content (AvgIpc) is 3.28. The fourth-order valence-electron chi connectivity index (χ4n) is 3.49. The summed E-state index contributed by atoms with van der Waals surface area (Å²) in [6.45, 7) is 1.54. The number of sulfonamides is 1. The normalized spacial score (nSPS) is 12.4. The number of carbonyl (C=O) groups excluding carboxylic acids is 1. The van der Waals surface area contributed by atoms with Crippen LogP contribution in [0, 0.1) is 10.1 Å². The Kier molecular flexibility index (Phi) is 8.54. The Balaban J connectivity index is 1.84. The first-order chi connectivity index (χ1) is 16.2. The van der Waals surface area contributed by atoms with E-state index in [0.29, 0.717) is 42.2 Å². The van der Waals surface area contributed by atoms with Crippen molar-refractivity contribution in [3.63, 3.8) is 0 Å². The van der Waals surface area contributed by atoms with Crippen LogP contribution in [0.3, 0.4) is 0 Å². The van der Waals surface area contributed by atoms with Gasteiger partial charge in [-0.2, -0.15) is 0 Å². The number of aromatic nitrogens is 2. The van der Waals surface area contributed by atoms with Crippen molar-refractivity contribution in [2.24, 2.45) is 0 Å². The van der Waals surface area contributed by atoms with Crippen molar-refractivity contribution >= 4 is 33.1 Å². The number of non-ortho nitro benzene ring substituents is 1. The number of hydrogen-bond acceptors (Lipinski definition) is 6. The van der Waals surface area contributed by atoms with Crippen molar-refractivity contribution in [2.45, 2.75) is 50.0 Å². The minimum atomic E-state index is -4.07. The molecule has 180 valence electrons. The Labute approximate surface area is 202 Å². The highest BCUT2D eigenvalue weighted by Gasteiger charge is 2.25. The zero-order chi connectivity index (χ0) is 24.7. The summed E-state index contributed by atoms with van der Waals surface area (Å²) in [5, 5.41) is 11.6. The van der Waals surface area contributed by atoms with Gasteiger partial charge < -0.3 is 9.78 Å². The first kappa shape index (κ1) is 25.5. The van der Waals surface area contributed by atoms with Crippen LogP contribution in [0.1, 0.15) is 50.9 Å². The molecule has 0 amide bonds. The Morgan fingerprint density at radius 1 is 1.18 bits per heavy atom. The van der Waals surface area contributed by atoms with Crippen LogP contribution in [-0.2, 0) is 14.8 Å². The molecule has 3 rings (SSSR count). The average molecular weight is 505 g/mol. The maximum Gasteiger partial charge on any atom is 0.270 e. The predicted octanol–water partition coefficient (Wildman–Crippen LogP) is 5.20. The molecule has 0 aliphatic carbocycles. The summed E-state index contributed by atoms with van der Waals surface area (Å²) in [7, 11) is -4.07. The van der Waals surface area contributed by atoms with Gasteiger partial charge in [-0.05, 0) is 38.0 Å². The van der Waals surface area contributed by atoms with Gasteiger partial charge in [0, 0.05) is 29.1 Å². The molecule has 1 atom stereocenters. The zero-order valence-corrected chi connectivity index (χ0v) is 20.1. The van der Waals surface area contributed by atoms with Crippen molar-refractivity contribution in [1.29, 1.82) is 0 Å². The number of unbranched alkanes of at least 4 members (excludes halogenated alkanes) is 2. The van der Waals surface area contributed by atoms with Gasteiger partial charge in [0.15, 0.2) is 0 Å². The number of H-pyrrole nitrogens is 1. The van der Waals surface area contributed by atoms with Crippen LogP contribution in [0.15, 0.2) is 59.6 Å². The Hall–Kier alpha value is -3.08. The molecule has 11 heteroatoms. The second kappa shape index (κ2) is 11.4. The number of imidazole rings is 1. The fourth-order valence-corrected chi connectivity index (χ4v) is 4.95. The van der Waals surface area contributed by atoms with Gasteiger partial charge >= 0.3 is 0 Å². The summed E-state index contributed by atoms with van der Waals surface area (Å²) in [4.78, 5) is 29.0. The number of nitrogens with zero attached hydrogens (tertiary/aromatic N) is 2. The van der Waals surface area contributed by atoms with E-state index in [4.69, 9.17) is 11.6 Å². The Morgan fingerprint density at radius 3 is 2.65 bits per heavy atom. The number of carbonyl (C=O) groups is 1. The third kappa shape index (κ3) is 6.96. The van der Waals surface area contributed by atoms with Crippen LogP contribution in [-0.4, -0.2) is 29.1 Å². The lowest BCUT2D eigenvalue weighted by atomic mass is 10.1. The second-order valence-electron chi connectivity index (χ2n) is 7.92. The summed E-state index contributed by atoms with van der Waals surface area (Å²) in [6.07, 6.45) is 4.62. The number of nitro benzene ring substituents is 1. The number of halogens is 1. The fraction of sp³-hybridized carbons (Fsp3) is 0.304. The number of rotatable bonds is 12. The number of Topliss-reactive ketones (excluding diaryl/α,β-unsaturated/α-hetero) is 1. The lowest BCUT2D eigenvalue weighted by molar-refractivity contribution is -0.385. The van der Waals surface area contributed by atoms with Crippen LogP contribution in [0.4, 0.5) is 5.69 Å². The highest BCUT2D eigenvalue weighted by Crippen LogP contribution is 2.26. The first-order valence-corrected chi connectivity index (χ1v) is 12.6. The first-order valence-electron chi connectivity index (χ1n) is 10.7. The van der Waals surface area contributed by atoms with E-state index in [1.165, 1.54) is 25.1 Å². The van der Waals surface area contributed by atoms with Crippen molar-refractivity contribution in [2.75, 3.05) is 0 Å². The number of hydrogen-bond donors (Lipinski definition) is 2. The molecule has 0 saturated carbocycles. The van der Waals surface area contributed by atoms with E-state index in [9.17, 15) is 23.3 Å². The molecule has 0 aliphatic rings. The van der Waals surface area contributed by atoms with Crippen molar-refractivity contribution in [3.8, 4) is 11.3 Å². The number of ketones is 1. The van der Waals surface area contributed by atoms with E-state index in [-0.39, 0.29) is 16.4 Å². The molecule has 0 radical (unpaired) electrons. The zero-order valence-electron chi connectivity index (χ0n) is 18.5. The second-order valence-corrected chi connectivity index (χ2v) is 10.1. The molecule has 1 aromatic heterocycles. The predicted molar refractivity (Wildman–Crippen MR) is 129 cm³/mol. The van der Waals surface area contributed by atoms with Crippen LogP contribution >= 0.6 is 11.6 Å². The summed E-state index contributed by atoms with van der Waals surface area (Å²) in [5.74, 6) is 0.524. The smallest absolute Gasteiger partial charge is 0.270 e. The van der Waals surface area contributed by atoms with E-state index >= 15 is 0 Å². The van der Waals surface area contributed by atoms with Crippen LogP contribution in [0.5, 0.6) is 0 Å². The topological polar surface area (TPSA) is 135 Å².